The van der Waals surface area contributed by atoms with E-state index < -0.39 is 6.04 Å². The van der Waals surface area contributed by atoms with Gasteiger partial charge in [0.1, 0.15) is 17.3 Å². The number of allylic oxidation sites excluding steroid dienone is 1. The average molecular weight is 470 g/mol. The lowest BCUT2D eigenvalue weighted by atomic mass is 9.97. The highest BCUT2D eigenvalue weighted by atomic mass is 16.2. The molecule has 1 aliphatic heterocycles. The third-order valence-electron chi connectivity index (χ3n) is 6.78. The molecular formula is C26H27N7O2. The topological polar surface area (TPSA) is 128 Å². The molecule has 0 unspecified atom stereocenters. The first-order valence-corrected chi connectivity index (χ1v) is 11.9. The Labute approximate surface area is 203 Å². The third kappa shape index (κ3) is 4.64. The van der Waals surface area contributed by atoms with Crippen LogP contribution in [0, 0.1) is 23.2 Å². The molecule has 1 aliphatic carbocycles. The van der Waals surface area contributed by atoms with Gasteiger partial charge in [0.2, 0.25) is 5.91 Å². The van der Waals surface area contributed by atoms with E-state index in [9.17, 15) is 9.59 Å². The smallest absolute Gasteiger partial charge is 0.255 e. The number of pyridine rings is 1. The number of aromatic amines is 1. The van der Waals surface area contributed by atoms with Crippen LogP contribution in [-0.2, 0) is 4.79 Å². The molecule has 4 heterocycles. The molecule has 178 valence electrons. The highest BCUT2D eigenvalue weighted by molar-refractivity contribution is 6.06. The van der Waals surface area contributed by atoms with Crippen LogP contribution < -0.4 is 5.32 Å². The van der Waals surface area contributed by atoms with Gasteiger partial charge in [-0.05, 0) is 56.2 Å². The summed E-state index contributed by atoms with van der Waals surface area (Å²) in [6.07, 6.45) is 8.06. The molecule has 9 heteroatoms. The lowest BCUT2D eigenvalue weighted by molar-refractivity contribution is -0.135. The maximum Gasteiger partial charge on any atom is 0.255 e. The van der Waals surface area contributed by atoms with Crippen LogP contribution in [0.25, 0.3) is 28.1 Å². The number of nitrogens with zero attached hydrogens (tertiary/aromatic N) is 5. The van der Waals surface area contributed by atoms with Crippen molar-refractivity contribution in [1.29, 1.82) is 5.26 Å². The van der Waals surface area contributed by atoms with E-state index in [-0.39, 0.29) is 23.7 Å². The van der Waals surface area contributed by atoms with Crippen LogP contribution in [-0.4, -0.2) is 55.8 Å². The van der Waals surface area contributed by atoms with Gasteiger partial charge in [-0.1, -0.05) is 12.2 Å². The summed E-state index contributed by atoms with van der Waals surface area (Å²) in [6.45, 7) is 7.00. The minimum absolute atomic E-state index is 0.00224. The molecule has 2 aliphatic rings. The second-order valence-electron chi connectivity index (χ2n) is 9.38. The summed E-state index contributed by atoms with van der Waals surface area (Å²) in [5.74, 6) is -0.285. The minimum Gasteiger partial charge on any atom is -0.344 e. The van der Waals surface area contributed by atoms with Gasteiger partial charge in [0.15, 0.2) is 5.65 Å². The number of H-pyrrole nitrogens is 1. The molecule has 1 atom stereocenters. The Morgan fingerprint density at radius 3 is 2.69 bits per heavy atom. The summed E-state index contributed by atoms with van der Waals surface area (Å²) < 4.78 is 0. The molecule has 35 heavy (non-hydrogen) atoms. The van der Waals surface area contributed by atoms with Crippen LogP contribution in [0.4, 0.5) is 0 Å². The quantitative estimate of drug-likeness (QED) is 0.570. The molecule has 1 saturated carbocycles. The predicted octanol–water partition coefficient (Wildman–Crippen LogP) is 3.32. The van der Waals surface area contributed by atoms with Gasteiger partial charge in [0.05, 0.1) is 23.5 Å². The van der Waals surface area contributed by atoms with E-state index >= 15 is 0 Å². The Balaban J connectivity index is 1.38. The van der Waals surface area contributed by atoms with E-state index in [1.165, 1.54) is 0 Å². The van der Waals surface area contributed by atoms with E-state index in [0.717, 1.165) is 24.0 Å². The zero-order valence-corrected chi connectivity index (χ0v) is 19.6. The Morgan fingerprint density at radius 2 is 2.00 bits per heavy atom. The SMILES string of the molecule is C=C(C)c1ccnc(-c2cnc3[nH]cc(C(=O)N[C@@H](C(=O)N4CCC(C#N)CC4)C4CC4)c3n2)c1. The lowest BCUT2D eigenvalue weighted by Crippen LogP contribution is -2.51. The summed E-state index contributed by atoms with van der Waals surface area (Å²) >= 11 is 0. The number of fused-ring (bicyclic) bond motifs is 1. The summed E-state index contributed by atoms with van der Waals surface area (Å²) in [4.78, 5) is 44.8. The van der Waals surface area contributed by atoms with Gasteiger partial charge in [-0.15, -0.1) is 0 Å². The molecule has 3 aromatic rings. The van der Waals surface area contributed by atoms with Crippen LogP contribution >= 0.6 is 0 Å². The van der Waals surface area contributed by atoms with Gasteiger partial charge < -0.3 is 15.2 Å². The second kappa shape index (κ2) is 9.29. The molecule has 0 spiro atoms. The van der Waals surface area contributed by atoms with Crippen molar-refractivity contribution in [3.8, 4) is 17.5 Å². The van der Waals surface area contributed by atoms with Crippen molar-refractivity contribution in [2.24, 2.45) is 11.8 Å². The van der Waals surface area contributed by atoms with Crippen LogP contribution in [0.5, 0.6) is 0 Å². The molecule has 1 saturated heterocycles. The van der Waals surface area contributed by atoms with E-state index in [4.69, 9.17) is 5.26 Å². The van der Waals surface area contributed by atoms with Gasteiger partial charge in [-0.3, -0.25) is 14.6 Å². The van der Waals surface area contributed by atoms with Gasteiger partial charge in [0, 0.05) is 31.4 Å². The number of carbonyl (C=O) groups is 2. The summed E-state index contributed by atoms with van der Waals surface area (Å²) in [6, 6.07) is 5.48. The van der Waals surface area contributed by atoms with Gasteiger partial charge in [0.25, 0.3) is 5.91 Å². The van der Waals surface area contributed by atoms with Crippen molar-refractivity contribution in [3.05, 3.63) is 48.4 Å². The van der Waals surface area contributed by atoms with Crippen molar-refractivity contribution in [3.63, 3.8) is 0 Å². The summed E-state index contributed by atoms with van der Waals surface area (Å²) in [5, 5.41) is 12.1. The Morgan fingerprint density at radius 1 is 1.23 bits per heavy atom. The molecule has 0 bridgehead atoms. The molecule has 3 aromatic heterocycles. The Bertz CT molecular complexity index is 1340. The minimum atomic E-state index is -0.573. The van der Waals surface area contributed by atoms with Gasteiger partial charge in [-0.25, -0.2) is 9.97 Å². The highest BCUT2D eigenvalue weighted by Gasteiger charge is 2.40. The molecule has 9 nitrogen and oxygen atoms in total. The maximum absolute atomic E-state index is 13.3. The number of piperidine rings is 1. The zero-order valence-electron chi connectivity index (χ0n) is 19.6. The van der Waals surface area contributed by atoms with Crippen molar-refractivity contribution >= 4 is 28.6 Å². The number of carbonyl (C=O) groups excluding carboxylic acids is 2. The van der Waals surface area contributed by atoms with Crippen LogP contribution in [0.3, 0.4) is 0 Å². The molecular weight excluding hydrogens is 442 g/mol. The number of nitrogens with one attached hydrogen (secondary N) is 2. The van der Waals surface area contributed by atoms with Gasteiger partial charge >= 0.3 is 0 Å². The van der Waals surface area contributed by atoms with Gasteiger partial charge in [-0.2, -0.15) is 5.26 Å². The van der Waals surface area contributed by atoms with Crippen LogP contribution in [0.1, 0.15) is 48.5 Å². The van der Waals surface area contributed by atoms with E-state index in [1.807, 2.05) is 19.1 Å². The van der Waals surface area contributed by atoms with Crippen molar-refractivity contribution < 1.29 is 9.59 Å². The summed E-state index contributed by atoms with van der Waals surface area (Å²) in [5.41, 5.74) is 4.31. The Kier molecular flexibility index (Phi) is 6.03. The monoisotopic (exact) mass is 469 g/mol. The fourth-order valence-electron chi connectivity index (χ4n) is 4.48. The maximum atomic E-state index is 13.3. The van der Waals surface area contributed by atoms with E-state index in [2.05, 4.69) is 37.9 Å². The van der Waals surface area contributed by atoms with Crippen LogP contribution in [0.2, 0.25) is 0 Å². The molecule has 2 N–H and O–H groups in total. The lowest BCUT2D eigenvalue weighted by Gasteiger charge is -2.32. The molecule has 0 radical (unpaired) electrons. The third-order valence-corrected chi connectivity index (χ3v) is 6.78. The van der Waals surface area contributed by atoms with Crippen LogP contribution in [0.15, 0.2) is 37.3 Å². The predicted molar refractivity (Wildman–Crippen MR) is 131 cm³/mol. The normalized spacial score (nSPS) is 17.1. The first-order chi connectivity index (χ1) is 16.9. The van der Waals surface area contributed by atoms with E-state index in [1.54, 1.807) is 23.5 Å². The molecule has 0 aromatic carbocycles. The van der Waals surface area contributed by atoms with Crippen molar-refractivity contribution in [2.45, 2.75) is 38.6 Å². The molecule has 2 fully saturated rings. The van der Waals surface area contributed by atoms with E-state index in [0.29, 0.717) is 54.0 Å². The fraction of sp³-hybridized carbons (Fsp3) is 0.385. The largest absolute Gasteiger partial charge is 0.344 e. The average Bonchev–Trinajstić information content (AvgIpc) is 3.64. The van der Waals surface area contributed by atoms with Crippen molar-refractivity contribution in [2.75, 3.05) is 13.1 Å². The number of aromatic nitrogens is 4. The second-order valence-corrected chi connectivity index (χ2v) is 9.38. The molecule has 5 rings (SSSR count). The van der Waals surface area contributed by atoms with Crippen molar-refractivity contribution in [1.82, 2.24) is 30.2 Å². The number of hydrogen-bond acceptors (Lipinski definition) is 6. The highest BCUT2D eigenvalue weighted by Crippen LogP contribution is 2.34. The number of nitriles is 1. The number of amides is 2. The first kappa shape index (κ1) is 22.7. The summed E-state index contributed by atoms with van der Waals surface area (Å²) in [7, 11) is 0. The standard InChI is InChI=1S/C26H27N7O2/c1-15(2)18-5-8-28-20(11-18)21-14-30-24-23(31-21)19(13-29-24)25(34)32-22(17-3-4-17)26(35)33-9-6-16(12-27)7-10-33/h5,8,11,13-14,16-17,22H,1,3-4,6-7,9-10H2,2H3,(H,29,30)(H,32,34)/t22-/m1/s1. The number of hydrogen-bond donors (Lipinski definition) is 2. The first-order valence-electron chi connectivity index (χ1n) is 11.9. The molecule has 2 amide bonds. The Hall–Kier alpha value is -4.06. The number of likely N-dealkylation sites (tertiary alicyclic amines) is 1. The number of rotatable bonds is 6. The zero-order chi connectivity index (χ0) is 24.5. The fourth-order valence-corrected chi connectivity index (χ4v) is 4.48.